The summed E-state index contributed by atoms with van der Waals surface area (Å²) in [6.45, 7) is 4.09. The maximum absolute atomic E-state index is 12.9. The van der Waals surface area contributed by atoms with Crippen molar-refractivity contribution in [3.8, 4) is 0 Å². The number of aromatic nitrogens is 1. The van der Waals surface area contributed by atoms with Crippen LogP contribution in [0.15, 0.2) is 52.7 Å². The highest BCUT2D eigenvalue weighted by atomic mass is 35.5. The van der Waals surface area contributed by atoms with Gasteiger partial charge in [0.1, 0.15) is 0 Å². The van der Waals surface area contributed by atoms with Crippen molar-refractivity contribution in [1.29, 1.82) is 0 Å². The van der Waals surface area contributed by atoms with E-state index in [1.54, 1.807) is 11.3 Å². The molecule has 5 nitrogen and oxygen atoms in total. The fraction of sp³-hybridized carbons (Fsp3) is 0.286. The summed E-state index contributed by atoms with van der Waals surface area (Å²) in [6, 6.07) is 12.7. The number of hydrogen-bond donors (Lipinski definition) is 0. The molecule has 0 amide bonds. The molecule has 0 radical (unpaired) electrons. The van der Waals surface area contributed by atoms with Gasteiger partial charge in [-0.3, -0.25) is 0 Å². The van der Waals surface area contributed by atoms with Gasteiger partial charge in [-0.15, -0.1) is 11.3 Å². The Hall–Kier alpha value is -1.64. The fourth-order valence-electron chi connectivity index (χ4n) is 3.43. The topological polar surface area (TPSA) is 53.5 Å². The predicted octanol–water partition coefficient (Wildman–Crippen LogP) is 4.86. The van der Waals surface area contributed by atoms with Crippen molar-refractivity contribution >= 4 is 49.7 Å². The smallest absolute Gasteiger partial charge is 0.243 e. The van der Waals surface area contributed by atoms with E-state index in [2.05, 4.69) is 29.3 Å². The number of anilines is 1. The van der Waals surface area contributed by atoms with Crippen LogP contribution in [0.3, 0.4) is 0 Å². The molecule has 0 N–H and O–H groups in total. The van der Waals surface area contributed by atoms with Crippen LogP contribution in [0.25, 0.3) is 0 Å². The molecule has 0 bridgehead atoms. The lowest BCUT2D eigenvalue weighted by molar-refractivity contribution is 0.384. The number of sulfonamides is 1. The molecule has 1 aliphatic rings. The molecule has 2 aromatic carbocycles. The highest BCUT2D eigenvalue weighted by molar-refractivity contribution is 7.89. The molecule has 1 saturated heterocycles. The second kappa shape index (κ2) is 8.85. The molecule has 1 aliphatic heterocycles. The Labute approximate surface area is 190 Å². The minimum absolute atomic E-state index is 0.167. The lowest BCUT2D eigenvalue weighted by atomic mass is 10.1. The van der Waals surface area contributed by atoms with Crippen LogP contribution in [-0.4, -0.2) is 43.9 Å². The van der Waals surface area contributed by atoms with Crippen LogP contribution in [-0.2, 0) is 16.4 Å². The van der Waals surface area contributed by atoms with E-state index in [9.17, 15) is 8.42 Å². The summed E-state index contributed by atoms with van der Waals surface area (Å²) in [6.07, 6.45) is 0.800. The maximum atomic E-state index is 12.9. The van der Waals surface area contributed by atoms with Gasteiger partial charge < -0.3 is 4.90 Å². The van der Waals surface area contributed by atoms with Crippen molar-refractivity contribution in [3.63, 3.8) is 0 Å². The third-order valence-corrected chi connectivity index (χ3v) is 8.79. The van der Waals surface area contributed by atoms with Crippen LogP contribution < -0.4 is 4.90 Å². The number of benzene rings is 2. The largest absolute Gasteiger partial charge is 0.345 e. The summed E-state index contributed by atoms with van der Waals surface area (Å²) in [5.41, 5.74) is 3.57. The highest BCUT2D eigenvalue weighted by Crippen LogP contribution is 2.28. The normalized spacial score (nSPS) is 15.5. The highest BCUT2D eigenvalue weighted by Gasteiger charge is 2.29. The van der Waals surface area contributed by atoms with Gasteiger partial charge in [-0.2, -0.15) is 4.31 Å². The fourth-order valence-corrected chi connectivity index (χ4v) is 6.12. The Morgan fingerprint density at radius 2 is 1.77 bits per heavy atom. The van der Waals surface area contributed by atoms with Crippen molar-refractivity contribution in [2.45, 2.75) is 18.2 Å². The molecule has 0 saturated carbocycles. The van der Waals surface area contributed by atoms with Crippen LogP contribution in [0.2, 0.25) is 10.0 Å². The number of rotatable bonds is 5. The summed E-state index contributed by atoms with van der Waals surface area (Å²) in [4.78, 5) is 7.09. The maximum Gasteiger partial charge on any atom is 0.243 e. The molecule has 3 aromatic rings. The quantitative estimate of drug-likeness (QED) is 0.521. The van der Waals surface area contributed by atoms with Crippen LogP contribution >= 0.6 is 34.5 Å². The Balaban J connectivity index is 1.42. The molecule has 1 aromatic heterocycles. The summed E-state index contributed by atoms with van der Waals surface area (Å²) in [7, 11) is -3.60. The van der Waals surface area contributed by atoms with Gasteiger partial charge in [0.15, 0.2) is 5.13 Å². The van der Waals surface area contributed by atoms with Crippen LogP contribution in [0, 0.1) is 6.92 Å². The Morgan fingerprint density at radius 1 is 1.03 bits per heavy atom. The zero-order valence-corrected chi connectivity index (χ0v) is 19.5. The van der Waals surface area contributed by atoms with Gasteiger partial charge in [-0.1, -0.05) is 47.5 Å². The zero-order chi connectivity index (χ0) is 21.3. The Morgan fingerprint density at radius 3 is 2.47 bits per heavy atom. The first-order valence-corrected chi connectivity index (χ1v) is 12.6. The van der Waals surface area contributed by atoms with Gasteiger partial charge in [-0.05, 0) is 36.2 Å². The molecule has 9 heteroatoms. The lowest BCUT2D eigenvalue weighted by Gasteiger charge is -2.33. The first-order valence-electron chi connectivity index (χ1n) is 9.53. The van der Waals surface area contributed by atoms with Crippen molar-refractivity contribution in [2.24, 2.45) is 0 Å². The van der Waals surface area contributed by atoms with Gasteiger partial charge in [0.05, 0.1) is 20.6 Å². The molecule has 30 heavy (non-hydrogen) atoms. The number of nitrogens with zero attached hydrogens (tertiary/aromatic N) is 3. The lowest BCUT2D eigenvalue weighted by Crippen LogP contribution is -2.48. The summed E-state index contributed by atoms with van der Waals surface area (Å²) in [5.74, 6) is 0. The van der Waals surface area contributed by atoms with Crippen molar-refractivity contribution < 1.29 is 8.42 Å². The van der Waals surface area contributed by atoms with Gasteiger partial charge in [0, 0.05) is 38.0 Å². The van der Waals surface area contributed by atoms with E-state index < -0.39 is 10.0 Å². The molecule has 4 rings (SSSR count). The van der Waals surface area contributed by atoms with E-state index in [-0.39, 0.29) is 9.92 Å². The molecule has 0 atom stereocenters. The standard InChI is InChI=1S/C21H21Cl2N3O2S2/c1-15-4-2-3-5-16(15)12-17-14-29-21(24-17)25-8-10-26(11-9-25)30(27,28)18-6-7-19(22)20(23)13-18/h2-7,13-14H,8-12H2,1H3. The monoisotopic (exact) mass is 481 g/mol. The van der Waals surface area contributed by atoms with Crippen molar-refractivity contribution in [3.05, 3.63) is 74.7 Å². The predicted molar refractivity (Wildman–Crippen MR) is 124 cm³/mol. The average Bonchev–Trinajstić information content (AvgIpc) is 3.20. The third-order valence-electron chi connectivity index (χ3n) is 5.21. The van der Waals surface area contributed by atoms with Gasteiger partial charge in [0.2, 0.25) is 10.0 Å². The van der Waals surface area contributed by atoms with E-state index in [4.69, 9.17) is 28.2 Å². The molecule has 158 valence electrons. The first-order chi connectivity index (χ1) is 14.3. The minimum atomic E-state index is -3.60. The molecule has 2 heterocycles. The molecule has 0 spiro atoms. The second-order valence-corrected chi connectivity index (χ2v) is 10.8. The number of aryl methyl sites for hydroxylation is 1. The Kier molecular flexibility index (Phi) is 6.36. The van der Waals surface area contributed by atoms with E-state index in [1.165, 1.54) is 33.6 Å². The number of thiazole rings is 1. The van der Waals surface area contributed by atoms with Gasteiger partial charge in [-0.25, -0.2) is 13.4 Å². The summed E-state index contributed by atoms with van der Waals surface area (Å²) < 4.78 is 27.3. The SMILES string of the molecule is Cc1ccccc1Cc1csc(N2CCN(S(=O)(=O)c3ccc(Cl)c(Cl)c3)CC2)n1. The number of hydrogen-bond acceptors (Lipinski definition) is 5. The van der Waals surface area contributed by atoms with Crippen LogP contribution in [0.1, 0.15) is 16.8 Å². The van der Waals surface area contributed by atoms with E-state index in [1.807, 2.05) is 12.1 Å². The summed E-state index contributed by atoms with van der Waals surface area (Å²) >= 11 is 13.5. The van der Waals surface area contributed by atoms with E-state index >= 15 is 0 Å². The van der Waals surface area contributed by atoms with Gasteiger partial charge in [0.25, 0.3) is 0 Å². The van der Waals surface area contributed by atoms with Gasteiger partial charge >= 0.3 is 0 Å². The van der Waals surface area contributed by atoms with Crippen molar-refractivity contribution in [2.75, 3.05) is 31.1 Å². The van der Waals surface area contributed by atoms with E-state index in [0.29, 0.717) is 31.2 Å². The van der Waals surface area contributed by atoms with Crippen LogP contribution in [0.4, 0.5) is 5.13 Å². The first kappa shape index (κ1) is 21.6. The second-order valence-electron chi connectivity index (χ2n) is 7.19. The average molecular weight is 482 g/mol. The molecular formula is C21H21Cl2N3O2S2. The van der Waals surface area contributed by atoms with Crippen LogP contribution in [0.5, 0.6) is 0 Å². The molecule has 0 unspecified atom stereocenters. The third kappa shape index (κ3) is 4.50. The Bertz CT molecular complexity index is 1160. The number of piperazine rings is 1. The minimum Gasteiger partial charge on any atom is -0.345 e. The molecular weight excluding hydrogens is 461 g/mol. The molecule has 1 fully saturated rings. The zero-order valence-electron chi connectivity index (χ0n) is 16.4. The van der Waals surface area contributed by atoms with E-state index in [0.717, 1.165) is 17.2 Å². The molecule has 0 aliphatic carbocycles. The van der Waals surface area contributed by atoms with Crippen molar-refractivity contribution in [1.82, 2.24) is 9.29 Å². The number of halogens is 2. The summed E-state index contributed by atoms with van der Waals surface area (Å²) in [5, 5.41) is 3.59.